The SMILES string of the molecule is CCOC(=O)COc1cc(OCC)c(OCC)cc1C(Nc1ccc(C(=N)N)cc1)C(=O)OCC. The number of esters is 2. The summed E-state index contributed by atoms with van der Waals surface area (Å²) in [7, 11) is 0. The van der Waals surface area contributed by atoms with Crippen LogP contribution in [-0.2, 0) is 19.1 Å². The summed E-state index contributed by atoms with van der Waals surface area (Å²) in [6.07, 6.45) is 0. The molecule has 10 heteroatoms. The van der Waals surface area contributed by atoms with Gasteiger partial charge in [-0.2, -0.15) is 0 Å². The van der Waals surface area contributed by atoms with E-state index in [0.717, 1.165) is 0 Å². The monoisotopic (exact) mass is 487 g/mol. The van der Waals surface area contributed by atoms with Gasteiger partial charge in [-0.1, -0.05) is 0 Å². The second kappa shape index (κ2) is 13.7. The number of ether oxygens (including phenoxy) is 5. The first kappa shape index (κ1) is 27.3. The molecule has 0 amide bonds. The van der Waals surface area contributed by atoms with Crippen molar-refractivity contribution in [2.24, 2.45) is 5.73 Å². The fourth-order valence-electron chi connectivity index (χ4n) is 3.19. The molecule has 190 valence electrons. The minimum atomic E-state index is -1.01. The van der Waals surface area contributed by atoms with Crippen molar-refractivity contribution >= 4 is 23.5 Å². The van der Waals surface area contributed by atoms with Crippen LogP contribution in [-0.4, -0.2) is 50.8 Å². The average molecular weight is 488 g/mol. The van der Waals surface area contributed by atoms with Crippen LogP contribution < -0.4 is 25.3 Å². The first-order chi connectivity index (χ1) is 16.8. The third kappa shape index (κ3) is 7.80. The number of nitrogens with two attached hydrogens (primary N) is 1. The number of hydrogen-bond acceptors (Lipinski definition) is 9. The van der Waals surface area contributed by atoms with Crippen LogP contribution in [0.25, 0.3) is 0 Å². The molecule has 2 aromatic rings. The van der Waals surface area contributed by atoms with E-state index in [9.17, 15) is 9.59 Å². The van der Waals surface area contributed by atoms with E-state index in [0.29, 0.717) is 41.5 Å². The Kier molecular flexibility index (Phi) is 10.7. The van der Waals surface area contributed by atoms with E-state index in [-0.39, 0.29) is 31.4 Å². The molecule has 0 aliphatic heterocycles. The van der Waals surface area contributed by atoms with Gasteiger partial charge in [0.05, 0.1) is 26.4 Å². The van der Waals surface area contributed by atoms with Crippen molar-refractivity contribution in [2.75, 3.05) is 38.4 Å². The molecule has 1 atom stereocenters. The molecule has 0 aliphatic carbocycles. The molecule has 35 heavy (non-hydrogen) atoms. The lowest BCUT2D eigenvalue weighted by molar-refractivity contribution is -0.145. The van der Waals surface area contributed by atoms with Gasteiger partial charge in [0.15, 0.2) is 24.1 Å². The topological polar surface area (TPSA) is 142 Å². The maximum Gasteiger partial charge on any atom is 0.344 e. The van der Waals surface area contributed by atoms with E-state index < -0.39 is 18.0 Å². The first-order valence-corrected chi connectivity index (χ1v) is 11.4. The summed E-state index contributed by atoms with van der Waals surface area (Å²) in [6.45, 7) is 7.83. The summed E-state index contributed by atoms with van der Waals surface area (Å²) in [5.41, 5.74) is 7.04. The highest BCUT2D eigenvalue weighted by Crippen LogP contribution is 2.39. The van der Waals surface area contributed by atoms with E-state index in [4.69, 9.17) is 34.8 Å². The second-order valence-electron chi connectivity index (χ2n) is 7.12. The number of amidine groups is 1. The fraction of sp³-hybridized carbons (Fsp3) is 0.400. The van der Waals surface area contributed by atoms with E-state index >= 15 is 0 Å². The largest absolute Gasteiger partial charge is 0.490 e. The van der Waals surface area contributed by atoms with Crippen molar-refractivity contribution in [3.63, 3.8) is 0 Å². The second-order valence-corrected chi connectivity index (χ2v) is 7.12. The molecule has 0 saturated carbocycles. The fourth-order valence-corrected chi connectivity index (χ4v) is 3.19. The van der Waals surface area contributed by atoms with E-state index in [1.54, 1.807) is 50.2 Å². The molecular weight excluding hydrogens is 454 g/mol. The minimum Gasteiger partial charge on any atom is -0.490 e. The lowest BCUT2D eigenvalue weighted by atomic mass is 10.0. The van der Waals surface area contributed by atoms with E-state index in [1.807, 2.05) is 13.8 Å². The van der Waals surface area contributed by atoms with Gasteiger partial charge in [0.2, 0.25) is 0 Å². The van der Waals surface area contributed by atoms with Gasteiger partial charge in [-0.15, -0.1) is 0 Å². The van der Waals surface area contributed by atoms with Crippen LogP contribution >= 0.6 is 0 Å². The van der Waals surface area contributed by atoms with Gasteiger partial charge < -0.3 is 34.7 Å². The number of carbonyl (C=O) groups is 2. The molecule has 2 rings (SSSR count). The highest BCUT2D eigenvalue weighted by Gasteiger charge is 2.28. The van der Waals surface area contributed by atoms with Crippen molar-refractivity contribution in [1.82, 2.24) is 0 Å². The predicted octanol–water partition coefficient (Wildman–Crippen LogP) is 3.43. The molecular formula is C25H33N3O7. The normalized spacial score (nSPS) is 11.2. The lowest BCUT2D eigenvalue weighted by Crippen LogP contribution is -2.25. The first-order valence-electron chi connectivity index (χ1n) is 11.4. The maximum atomic E-state index is 13.0. The van der Waals surface area contributed by atoms with Crippen LogP contribution in [0, 0.1) is 5.41 Å². The van der Waals surface area contributed by atoms with Crippen molar-refractivity contribution in [1.29, 1.82) is 5.41 Å². The van der Waals surface area contributed by atoms with Crippen molar-refractivity contribution < 1.29 is 33.3 Å². The van der Waals surface area contributed by atoms with Crippen molar-refractivity contribution in [2.45, 2.75) is 33.7 Å². The number of nitrogens with one attached hydrogen (secondary N) is 2. The molecule has 0 aromatic heterocycles. The van der Waals surface area contributed by atoms with E-state index in [1.165, 1.54) is 0 Å². The molecule has 0 fully saturated rings. The summed E-state index contributed by atoms with van der Waals surface area (Å²) in [6, 6.07) is 8.91. The molecule has 0 heterocycles. The Morgan fingerprint density at radius 1 is 0.857 bits per heavy atom. The van der Waals surface area contributed by atoms with Crippen molar-refractivity contribution in [3.05, 3.63) is 47.5 Å². The molecule has 4 N–H and O–H groups in total. The molecule has 1 unspecified atom stereocenters. The summed E-state index contributed by atoms with van der Waals surface area (Å²) in [5.74, 6) is -0.125. The quantitative estimate of drug-likeness (QED) is 0.207. The summed E-state index contributed by atoms with van der Waals surface area (Å²) in [4.78, 5) is 25.0. The zero-order valence-corrected chi connectivity index (χ0v) is 20.5. The minimum absolute atomic E-state index is 0.0685. The van der Waals surface area contributed by atoms with E-state index in [2.05, 4.69) is 5.32 Å². The smallest absolute Gasteiger partial charge is 0.344 e. The maximum absolute atomic E-state index is 13.0. The Morgan fingerprint density at radius 2 is 1.46 bits per heavy atom. The Hall–Kier alpha value is -3.95. The molecule has 10 nitrogen and oxygen atoms in total. The predicted molar refractivity (Wildman–Crippen MR) is 131 cm³/mol. The van der Waals surface area contributed by atoms with Crippen LogP contribution in [0.3, 0.4) is 0 Å². The lowest BCUT2D eigenvalue weighted by Gasteiger charge is -2.23. The Morgan fingerprint density at radius 3 is 2.00 bits per heavy atom. The number of carbonyl (C=O) groups excluding carboxylic acids is 2. The van der Waals surface area contributed by atoms with Gasteiger partial charge in [0.25, 0.3) is 0 Å². The molecule has 0 aliphatic rings. The van der Waals surface area contributed by atoms with Crippen LogP contribution in [0.4, 0.5) is 5.69 Å². The van der Waals surface area contributed by atoms with Gasteiger partial charge in [0.1, 0.15) is 11.6 Å². The van der Waals surface area contributed by atoms with Crippen LogP contribution in [0.2, 0.25) is 0 Å². The highest BCUT2D eigenvalue weighted by atomic mass is 16.6. The van der Waals surface area contributed by atoms with Crippen LogP contribution in [0.1, 0.15) is 44.9 Å². The molecule has 0 saturated heterocycles. The standard InChI is InChI=1S/C25H33N3O7/c1-5-31-20-13-18(19(14-21(20)32-6-2)35-15-22(29)33-7-3)23(25(30)34-8-4)28-17-11-9-16(10-12-17)24(26)27/h9-14,23,28H,5-8,15H2,1-4H3,(H3,26,27). The summed E-state index contributed by atoms with van der Waals surface area (Å²) >= 11 is 0. The Bertz CT molecular complexity index is 1010. The van der Waals surface area contributed by atoms with Crippen LogP contribution in [0.5, 0.6) is 17.2 Å². The zero-order valence-electron chi connectivity index (χ0n) is 20.5. The Labute approximate surface area is 205 Å². The molecule has 0 bridgehead atoms. The molecule has 0 spiro atoms. The molecule has 0 radical (unpaired) electrons. The molecule has 2 aromatic carbocycles. The number of benzene rings is 2. The summed E-state index contributed by atoms with van der Waals surface area (Å²) < 4.78 is 27.5. The number of anilines is 1. The van der Waals surface area contributed by atoms with Gasteiger partial charge in [-0.3, -0.25) is 5.41 Å². The third-order valence-corrected chi connectivity index (χ3v) is 4.67. The number of rotatable bonds is 14. The third-order valence-electron chi connectivity index (χ3n) is 4.67. The van der Waals surface area contributed by atoms with Gasteiger partial charge in [0, 0.05) is 22.9 Å². The number of hydrogen-bond donors (Lipinski definition) is 3. The summed E-state index contributed by atoms with van der Waals surface area (Å²) in [5, 5.41) is 10.7. The number of nitrogen functional groups attached to an aromatic ring is 1. The highest BCUT2D eigenvalue weighted by molar-refractivity contribution is 5.95. The van der Waals surface area contributed by atoms with Gasteiger partial charge in [-0.05, 0) is 58.0 Å². The zero-order chi connectivity index (χ0) is 25.8. The van der Waals surface area contributed by atoms with Crippen LogP contribution in [0.15, 0.2) is 36.4 Å². The van der Waals surface area contributed by atoms with Gasteiger partial charge >= 0.3 is 11.9 Å². The average Bonchev–Trinajstić information content (AvgIpc) is 2.83. The van der Waals surface area contributed by atoms with Crippen molar-refractivity contribution in [3.8, 4) is 17.2 Å². The Balaban J connectivity index is 2.55. The van der Waals surface area contributed by atoms with Gasteiger partial charge in [-0.25, -0.2) is 9.59 Å².